The molecule has 9 heteroatoms. The predicted molar refractivity (Wildman–Crippen MR) is 141 cm³/mol. The second-order valence-electron chi connectivity index (χ2n) is 9.07. The third-order valence-corrected chi connectivity index (χ3v) is 6.87. The van der Waals surface area contributed by atoms with Gasteiger partial charge in [0.05, 0.1) is 0 Å². The zero-order valence-electron chi connectivity index (χ0n) is 19.7. The highest BCUT2D eigenvalue weighted by molar-refractivity contribution is 6.40. The number of carboxylic acid groups (broad SMARTS) is 1. The van der Waals surface area contributed by atoms with E-state index in [1.165, 1.54) is 11.1 Å². The van der Waals surface area contributed by atoms with Crippen molar-refractivity contribution in [1.29, 1.82) is 0 Å². The van der Waals surface area contributed by atoms with Gasteiger partial charge in [0, 0.05) is 25.6 Å². The summed E-state index contributed by atoms with van der Waals surface area (Å²) in [6, 6.07) is 20.6. The first-order valence-electron chi connectivity index (χ1n) is 11.5. The number of carbonyl (C=O) groups is 1. The third-order valence-electron chi connectivity index (χ3n) is 6.87. The highest BCUT2D eigenvalue weighted by Crippen LogP contribution is 2.40. The number of aliphatic carboxylic acids is 1. The Kier molecular flexibility index (Phi) is 13.2. The lowest BCUT2D eigenvalue weighted by Crippen LogP contribution is -2.61. The molecule has 2 aromatic rings. The number of hydrogen-bond acceptors (Lipinski definition) is 5. The minimum Gasteiger partial charge on any atom is -0.480 e. The molecule has 0 spiro atoms. The van der Waals surface area contributed by atoms with Crippen LogP contribution in [0, 0.1) is 11.8 Å². The molecule has 4 N–H and O–H groups in total. The first-order valence-corrected chi connectivity index (χ1v) is 11.5. The first kappa shape index (κ1) is 30.4. The van der Waals surface area contributed by atoms with Crippen molar-refractivity contribution < 1.29 is 19.9 Å². The molecule has 2 aromatic carbocycles. The van der Waals surface area contributed by atoms with E-state index < -0.39 is 18.6 Å². The Hall–Kier alpha value is -1.61. The van der Waals surface area contributed by atoms with Gasteiger partial charge >= 0.3 is 13.1 Å². The zero-order chi connectivity index (χ0) is 23.0. The summed E-state index contributed by atoms with van der Waals surface area (Å²) in [4.78, 5) is 14.9. The van der Waals surface area contributed by atoms with Gasteiger partial charge in [0.25, 0.3) is 0 Å². The SMILES string of the molecule is CN[C@]1(C(=O)O)C[C@H](CCB(O)O)CC[C@H]1CN(Cc1ccccc1)Cc1ccccc1.Cl.Cl. The van der Waals surface area contributed by atoms with Crippen LogP contribution in [0.3, 0.4) is 0 Å². The predicted octanol–water partition coefficient (Wildman–Crippen LogP) is 3.85. The van der Waals surface area contributed by atoms with Crippen molar-refractivity contribution in [3.63, 3.8) is 0 Å². The Morgan fingerprint density at radius 1 is 1.00 bits per heavy atom. The lowest BCUT2D eigenvalue weighted by molar-refractivity contribution is -0.150. The molecule has 3 atom stereocenters. The number of nitrogens with zero attached hydrogens (tertiary/aromatic N) is 1. The van der Waals surface area contributed by atoms with Crippen molar-refractivity contribution in [2.24, 2.45) is 11.8 Å². The average Bonchev–Trinajstić information content (AvgIpc) is 2.79. The maximum absolute atomic E-state index is 12.5. The molecule has 0 unspecified atom stereocenters. The summed E-state index contributed by atoms with van der Waals surface area (Å²) in [7, 11) is 0.400. The standard InChI is InChI=1S/C25H35BN2O4.2ClH/c1-27-25(24(29)30)16-20(14-15-26(31)32)12-13-23(25)19-28(17-21-8-4-2-5-9-21)18-22-10-6-3-7-11-22;;/h2-11,20,23,27,31-32H,12-19H2,1H3,(H,29,30);2*1H/t20-,23-,25+;;/m0../s1. The molecule has 1 saturated carbocycles. The number of halogens is 2. The van der Waals surface area contributed by atoms with Crippen molar-refractivity contribution in [2.45, 2.75) is 50.6 Å². The molecule has 6 nitrogen and oxygen atoms in total. The summed E-state index contributed by atoms with van der Waals surface area (Å²) < 4.78 is 0. The zero-order valence-corrected chi connectivity index (χ0v) is 21.3. The van der Waals surface area contributed by atoms with Gasteiger partial charge < -0.3 is 20.5 Å². The van der Waals surface area contributed by atoms with Crippen LogP contribution in [0.25, 0.3) is 0 Å². The first-order chi connectivity index (χ1) is 15.4. The van der Waals surface area contributed by atoms with Crippen LogP contribution in [0.5, 0.6) is 0 Å². The van der Waals surface area contributed by atoms with E-state index in [0.717, 1.165) is 25.9 Å². The van der Waals surface area contributed by atoms with E-state index >= 15 is 0 Å². The number of benzene rings is 2. The number of rotatable bonds is 11. The average molecular weight is 511 g/mol. The van der Waals surface area contributed by atoms with Crippen LogP contribution in [-0.4, -0.2) is 52.3 Å². The molecule has 1 fully saturated rings. The van der Waals surface area contributed by atoms with E-state index in [-0.39, 0.29) is 43.0 Å². The van der Waals surface area contributed by atoms with Gasteiger partial charge in [0.1, 0.15) is 5.54 Å². The Bertz CT molecular complexity index is 806. The summed E-state index contributed by atoms with van der Waals surface area (Å²) in [5, 5.41) is 31.9. The van der Waals surface area contributed by atoms with Crippen LogP contribution in [-0.2, 0) is 17.9 Å². The lowest BCUT2D eigenvalue weighted by atomic mass is 9.65. The molecule has 3 rings (SSSR count). The topological polar surface area (TPSA) is 93.0 Å². The Labute approximate surface area is 215 Å². The van der Waals surface area contributed by atoms with Crippen molar-refractivity contribution in [3.8, 4) is 0 Å². The van der Waals surface area contributed by atoms with E-state index in [1.54, 1.807) is 7.05 Å². The lowest BCUT2D eigenvalue weighted by Gasteiger charge is -2.45. The van der Waals surface area contributed by atoms with Crippen LogP contribution < -0.4 is 5.32 Å². The van der Waals surface area contributed by atoms with Crippen LogP contribution in [0.2, 0.25) is 6.32 Å². The van der Waals surface area contributed by atoms with Crippen LogP contribution in [0.4, 0.5) is 0 Å². The molecule has 0 aliphatic heterocycles. The molecule has 1 aliphatic rings. The Morgan fingerprint density at radius 3 is 1.97 bits per heavy atom. The quantitative estimate of drug-likeness (QED) is 0.343. The molecule has 0 heterocycles. The summed E-state index contributed by atoms with van der Waals surface area (Å²) >= 11 is 0. The van der Waals surface area contributed by atoms with E-state index in [9.17, 15) is 19.9 Å². The van der Waals surface area contributed by atoms with Gasteiger partial charge in [-0.2, -0.15) is 0 Å². The van der Waals surface area contributed by atoms with Gasteiger partial charge in [-0.25, -0.2) is 0 Å². The third kappa shape index (κ3) is 8.26. The Morgan fingerprint density at radius 2 is 1.53 bits per heavy atom. The van der Waals surface area contributed by atoms with Crippen LogP contribution in [0.15, 0.2) is 60.7 Å². The van der Waals surface area contributed by atoms with Crippen molar-refractivity contribution in [2.75, 3.05) is 13.6 Å². The van der Waals surface area contributed by atoms with Crippen LogP contribution >= 0.6 is 24.8 Å². The van der Waals surface area contributed by atoms with E-state index in [0.29, 0.717) is 19.4 Å². The van der Waals surface area contributed by atoms with E-state index in [1.807, 2.05) is 36.4 Å². The maximum atomic E-state index is 12.5. The second-order valence-corrected chi connectivity index (χ2v) is 9.07. The van der Waals surface area contributed by atoms with Crippen molar-refractivity contribution in [1.82, 2.24) is 10.2 Å². The van der Waals surface area contributed by atoms with Gasteiger partial charge in [0.2, 0.25) is 0 Å². The summed E-state index contributed by atoms with van der Waals surface area (Å²) in [5.74, 6) is -0.709. The fourth-order valence-electron chi connectivity index (χ4n) is 5.14. The normalized spacial score (nSPS) is 21.9. The molecule has 0 amide bonds. The monoisotopic (exact) mass is 510 g/mol. The van der Waals surface area contributed by atoms with E-state index in [2.05, 4.69) is 34.5 Å². The molecule has 0 bridgehead atoms. The van der Waals surface area contributed by atoms with Gasteiger partial charge in [-0.1, -0.05) is 67.1 Å². The molecular weight excluding hydrogens is 474 g/mol. The number of likely N-dealkylation sites (N-methyl/N-ethyl adjacent to an activating group) is 1. The summed E-state index contributed by atoms with van der Waals surface area (Å²) in [6.07, 6.45) is 3.10. The minimum atomic E-state index is -1.34. The molecule has 34 heavy (non-hydrogen) atoms. The van der Waals surface area contributed by atoms with Crippen molar-refractivity contribution >= 4 is 37.9 Å². The molecule has 0 aromatic heterocycles. The smallest absolute Gasteiger partial charge is 0.451 e. The van der Waals surface area contributed by atoms with Gasteiger partial charge in [0.15, 0.2) is 0 Å². The summed E-state index contributed by atoms with van der Waals surface area (Å²) in [5.41, 5.74) is 1.40. The van der Waals surface area contributed by atoms with Gasteiger partial charge in [-0.3, -0.25) is 9.69 Å². The van der Waals surface area contributed by atoms with Crippen LogP contribution in [0.1, 0.15) is 36.8 Å². The molecule has 1 aliphatic carbocycles. The molecule has 0 radical (unpaired) electrons. The highest BCUT2D eigenvalue weighted by atomic mass is 35.5. The van der Waals surface area contributed by atoms with Gasteiger partial charge in [-0.15, -0.1) is 24.8 Å². The minimum absolute atomic E-state index is 0. The second kappa shape index (κ2) is 14.7. The Balaban J connectivity index is 0.00000289. The van der Waals surface area contributed by atoms with Gasteiger partial charge in [-0.05, 0) is 49.7 Å². The van der Waals surface area contributed by atoms with E-state index in [4.69, 9.17) is 0 Å². The number of hydrogen-bond donors (Lipinski definition) is 4. The largest absolute Gasteiger partial charge is 0.480 e. The highest BCUT2D eigenvalue weighted by Gasteiger charge is 2.49. The number of nitrogens with one attached hydrogen (secondary N) is 1. The maximum Gasteiger partial charge on any atom is 0.451 e. The fraction of sp³-hybridized carbons (Fsp3) is 0.480. The molecular formula is C25H37BCl2N2O4. The molecule has 0 saturated heterocycles. The van der Waals surface area contributed by atoms with Crippen molar-refractivity contribution in [3.05, 3.63) is 71.8 Å². The fourth-order valence-corrected chi connectivity index (χ4v) is 5.14. The number of carboxylic acids is 1. The summed E-state index contributed by atoms with van der Waals surface area (Å²) in [6.45, 7) is 2.18. The molecule has 188 valence electrons.